The molecule has 0 radical (unpaired) electrons. The van der Waals surface area contributed by atoms with Gasteiger partial charge in [0, 0.05) is 25.6 Å². The molecule has 0 bridgehead atoms. The van der Waals surface area contributed by atoms with Crippen LogP contribution in [-0.4, -0.2) is 38.6 Å². The number of carbonyl (C=O) groups is 1. The van der Waals surface area contributed by atoms with E-state index in [0.29, 0.717) is 18.5 Å². The van der Waals surface area contributed by atoms with Crippen LogP contribution in [0.4, 0.5) is 11.4 Å². The predicted octanol–water partition coefficient (Wildman–Crippen LogP) is 0.928. The van der Waals surface area contributed by atoms with Gasteiger partial charge < -0.3 is 15.1 Å². The molecule has 1 aromatic rings. The van der Waals surface area contributed by atoms with Gasteiger partial charge in [-0.2, -0.15) is 0 Å². The van der Waals surface area contributed by atoms with E-state index >= 15 is 0 Å². The summed E-state index contributed by atoms with van der Waals surface area (Å²) < 4.78 is 0. The summed E-state index contributed by atoms with van der Waals surface area (Å²) in [6.45, 7) is 2.64. The molecule has 0 unspecified atom stereocenters. The SMILES string of the molecule is CN1C(=O)CN2c3c(cccc31)[C@@H]1CNCC[C@@H]12. The van der Waals surface area contributed by atoms with Gasteiger partial charge in [0.15, 0.2) is 0 Å². The number of para-hydroxylation sites is 1. The summed E-state index contributed by atoms with van der Waals surface area (Å²) in [6.07, 6.45) is 1.13. The number of likely N-dealkylation sites (N-methyl/N-ethyl adjacent to an activating group) is 1. The van der Waals surface area contributed by atoms with Crippen molar-refractivity contribution in [3.8, 4) is 0 Å². The monoisotopic (exact) mass is 243 g/mol. The van der Waals surface area contributed by atoms with Crippen LogP contribution in [0.15, 0.2) is 18.2 Å². The van der Waals surface area contributed by atoms with Crippen LogP contribution < -0.4 is 15.1 Å². The highest BCUT2D eigenvalue weighted by molar-refractivity contribution is 6.04. The molecular weight excluding hydrogens is 226 g/mol. The average molecular weight is 243 g/mol. The molecule has 0 aliphatic carbocycles. The molecule has 1 amide bonds. The molecular formula is C14H17N3O. The molecule has 0 spiro atoms. The lowest BCUT2D eigenvalue weighted by Crippen LogP contribution is -2.50. The second-order valence-corrected chi connectivity index (χ2v) is 5.46. The maximum Gasteiger partial charge on any atom is 0.246 e. The molecule has 1 N–H and O–H groups in total. The quantitative estimate of drug-likeness (QED) is 0.736. The van der Waals surface area contributed by atoms with Gasteiger partial charge in [-0.25, -0.2) is 0 Å². The van der Waals surface area contributed by atoms with Crippen LogP contribution in [0.3, 0.4) is 0 Å². The van der Waals surface area contributed by atoms with Gasteiger partial charge in [0.25, 0.3) is 0 Å². The number of nitrogens with zero attached hydrogens (tertiary/aromatic N) is 2. The maximum atomic E-state index is 12.1. The largest absolute Gasteiger partial charge is 0.357 e. The van der Waals surface area contributed by atoms with Gasteiger partial charge in [-0.1, -0.05) is 12.1 Å². The molecule has 3 heterocycles. The van der Waals surface area contributed by atoms with Crippen molar-refractivity contribution in [1.29, 1.82) is 0 Å². The van der Waals surface area contributed by atoms with Crippen molar-refractivity contribution in [2.75, 3.05) is 36.5 Å². The van der Waals surface area contributed by atoms with Crippen LogP contribution in [0, 0.1) is 0 Å². The van der Waals surface area contributed by atoms with E-state index in [1.54, 1.807) is 4.90 Å². The lowest BCUT2D eigenvalue weighted by molar-refractivity contribution is -0.117. The van der Waals surface area contributed by atoms with Crippen molar-refractivity contribution in [2.45, 2.75) is 18.4 Å². The molecule has 4 nitrogen and oxygen atoms in total. The second kappa shape index (κ2) is 3.48. The van der Waals surface area contributed by atoms with E-state index in [1.165, 1.54) is 11.3 Å². The van der Waals surface area contributed by atoms with E-state index in [-0.39, 0.29) is 5.91 Å². The molecule has 3 aliphatic rings. The molecule has 1 saturated heterocycles. The Kier molecular flexibility index (Phi) is 2.01. The standard InChI is InChI=1S/C14H17N3O/c1-16-12-4-2-3-9-10-7-15-6-5-11(10)17(14(9)12)8-13(16)18/h2-4,10-11,15H,5-8H2,1H3/t10-,11-/m0/s1. The Morgan fingerprint density at radius 2 is 2.28 bits per heavy atom. The molecule has 2 atom stereocenters. The molecule has 18 heavy (non-hydrogen) atoms. The van der Waals surface area contributed by atoms with E-state index in [1.807, 2.05) is 7.05 Å². The van der Waals surface area contributed by atoms with Crippen LogP contribution in [0.25, 0.3) is 0 Å². The van der Waals surface area contributed by atoms with Crippen molar-refractivity contribution < 1.29 is 4.79 Å². The van der Waals surface area contributed by atoms with Gasteiger partial charge in [0.05, 0.1) is 17.9 Å². The Morgan fingerprint density at radius 1 is 1.39 bits per heavy atom. The van der Waals surface area contributed by atoms with E-state index in [2.05, 4.69) is 28.4 Å². The van der Waals surface area contributed by atoms with Gasteiger partial charge >= 0.3 is 0 Å². The van der Waals surface area contributed by atoms with E-state index in [9.17, 15) is 4.79 Å². The number of hydrogen-bond acceptors (Lipinski definition) is 3. The van der Waals surface area contributed by atoms with E-state index in [4.69, 9.17) is 0 Å². The molecule has 1 fully saturated rings. The highest BCUT2D eigenvalue weighted by atomic mass is 16.2. The Bertz CT molecular complexity index is 528. The third kappa shape index (κ3) is 1.16. The number of piperidine rings is 1. The minimum absolute atomic E-state index is 0.207. The van der Waals surface area contributed by atoms with Crippen molar-refractivity contribution in [3.63, 3.8) is 0 Å². The number of anilines is 2. The number of benzene rings is 1. The normalized spacial score (nSPS) is 29.3. The molecule has 1 aromatic carbocycles. The maximum absolute atomic E-state index is 12.1. The predicted molar refractivity (Wildman–Crippen MR) is 71.2 cm³/mol. The molecule has 4 heteroatoms. The lowest BCUT2D eigenvalue weighted by Gasteiger charge is -2.38. The average Bonchev–Trinajstić information content (AvgIpc) is 2.72. The van der Waals surface area contributed by atoms with Gasteiger partial charge in [-0.3, -0.25) is 4.79 Å². The first-order valence-electron chi connectivity index (χ1n) is 6.64. The molecule has 94 valence electrons. The van der Waals surface area contributed by atoms with Crippen molar-refractivity contribution in [1.82, 2.24) is 5.32 Å². The number of amides is 1. The fraction of sp³-hybridized carbons (Fsp3) is 0.500. The van der Waals surface area contributed by atoms with Crippen molar-refractivity contribution in [2.24, 2.45) is 0 Å². The van der Waals surface area contributed by atoms with E-state index < -0.39 is 0 Å². The first kappa shape index (κ1) is 10.4. The fourth-order valence-corrected chi connectivity index (χ4v) is 3.71. The van der Waals surface area contributed by atoms with Crippen LogP contribution in [0.5, 0.6) is 0 Å². The lowest BCUT2D eigenvalue weighted by atomic mass is 9.90. The molecule has 3 aliphatic heterocycles. The first-order chi connectivity index (χ1) is 8.77. The third-order valence-corrected chi connectivity index (χ3v) is 4.62. The van der Waals surface area contributed by atoms with Gasteiger partial charge in [-0.05, 0) is 24.6 Å². The van der Waals surface area contributed by atoms with Crippen LogP contribution >= 0.6 is 0 Å². The van der Waals surface area contributed by atoms with Gasteiger partial charge in [-0.15, -0.1) is 0 Å². The summed E-state index contributed by atoms with van der Waals surface area (Å²) in [5, 5.41) is 3.48. The number of carbonyl (C=O) groups excluding carboxylic acids is 1. The van der Waals surface area contributed by atoms with Crippen LogP contribution in [-0.2, 0) is 4.79 Å². The Hall–Kier alpha value is -1.55. The molecule has 4 rings (SSSR count). The third-order valence-electron chi connectivity index (χ3n) is 4.62. The summed E-state index contributed by atoms with van der Waals surface area (Å²) in [5.41, 5.74) is 3.81. The molecule has 0 saturated carbocycles. The number of hydrogen-bond donors (Lipinski definition) is 1. The number of fused-ring (bicyclic) bond motifs is 3. The topological polar surface area (TPSA) is 35.6 Å². The summed E-state index contributed by atoms with van der Waals surface area (Å²) >= 11 is 0. The van der Waals surface area contributed by atoms with Gasteiger partial charge in [0.1, 0.15) is 0 Å². The summed E-state index contributed by atoms with van der Waals surface area (Å²) in [4.78, 5) is 16.2. The Balaban J connectivity index is 1.91. The second-order valence-electron chi connectivity index (χ2n) is 5.46. The zero-order chi connectivity index (χ0) is 12.3. The minimum Gasteiger partial charge on any atom is -0.357 e. The highest BCUT2D eigenvalue weighted by Crippen LogP contribution is 2.49. The zero-order valence-electron chi connectivity index (χ0n) is 10.5. The van der Waals surface area contributed by atoms with Crippen molar-refractivity contribution >= 4 is 17.3 Å². The number of nitrogens with one attached hydrogen (secondary N) is 1. The Labute approximate surface area is 107 Å². The Morgan fingerprint density at radius 3 is 3.17 bits per heavy atom. The summed E-state index contributed by atoms with van der Waals surface area (Å²) in [6, 6.07) is 6.89. The van der Waals surface area contributed by atoms with Crippen LogP contribution in [0.2, 0.25) is 0 Å². The van der Waals surface area contributed by atoms with Gasteiger partial charge in [0.2, 0.25) is 5.91 Å². The summed E-state index contributed by atoms with van der Waals surface area (Å²) in [5.74, 6) is 0.756. The van der Waals surface area contributed by atoms with Crippen LogP contribution in [0.1, 0.15) is 17.9 Å². The van der Waals surface area contributed by atoms with E-state index in [0.717, 1.165) is 25.2 Å². The number of rotatable bonds is 0. The fourth-order valence-electron chi connectivity index (χ4n) is 3.71. The smallest absolute Gasteiger partial charge is 0.246 e. The van der Waals surface area contributed by atoms with Crippen molar-refractivity contribution in [3.05, 3.63) is 23.8 Å². The summed E-state index contributed by atoms with van der Waals surface area (Å²) in [7, 11) is 1.88. The molecule has 0 aromatic heterocycles. The highest BCUT2D eigenvalue weighted by Gasteiger charge is 2.44. The minimum atomic E-state index is 0.207. The first-order valence-corrected chi connectivity index (χ1v) is 6.64. The zero-order valence-corrected chi connectivity index (χ0v) is 10.5.